The Bertz CT molecular complexity index is 822. The summed E-state index contributed by atoms with van der Waals surface area (Å²) >= 11 is 3.24. The van der Waals surface area contributed by atoms with E-state index in [1.807, 2.05) is 0 Å². The lowest BCUT2D eigenvalue weighted by Gasteiger charge is -2.32. The van der Waals surface area contributed by atoms with E-state index >= 15 is 0 Å². The Labute approximate surface area is 149 Å². The maximum Gasteiger partial charge on any atom is 0.438 e. The summed E-state index contributed by atoms with van der Waals surface area (Å²) in [6, 6.07) is 13.8. The summed E-state index contributed by atoms with van der Waals surface area (Å²) in [4.78, 5) is 12.5. The van der Waals surface area contributed by atoms with Crippen LogP contribution in [0.1, 0.15) is 22.3 Å². The molecule has 4 nitrogen and oxygen atoms in total. The average Bonchev–Trinajstić information content (AvgIpc) is 2.94. The summed E-state index contributed by atoms with van der Waals surface area (Å²) in [5.74, 6) is -1.02. The average molecular weight is 413 g/mol. The first kappa shape index (κ1) is 17.6. The van der Waals surface area contributed by atoms with E-state index in [9.17, 15) is 23.1 Å². The Morgan fingerprint density at radius 2 is 1.72 bits per heavy atom. The molecule has 1 aliphatic heterocycles. The fourth-order valence-electron chi connectivity index (χ4n) is 2.49. The molecule has 0 aromatic heterocycles. The Morgan fingerprint density at radius 3 is 2.28 bits per heavy atom. The molecule has 1 N–H and O–H groups in total. The SMILES string of the molecule is O=C(c1ccccc1)N1N=C(c2ccc(Br)cc2)CC1(O)C(F)(F)F. The third-order valence-electron chi connectivity index (χ3n) is 3.83. The summed E-state index contributed by atoms with van der Waals surface area (Å²) in [5, 5.41) is 14.2. The zero-order chi connectivity index (χ0) is 18.2. The van der Waals surface area contributed by atoms with Crippen molar-refractivity contribution in [1.82, 2.24) is 5.01 Å². The molecule has 0 radical (unpaired) electrons. The van der Waals surface area contributed by atoms with E-state index in [-0.39, 0.29) is 16.3 Å². The van der Waals surface area contributed by atoms with Crippen molar-refractivity contribution in [2.75, 3.05) is 0 Å². The van der Waals surface area contributed by atoms with Gasteiger partial charge in [0.2, 0.25) is 0 Å². The predicted molar refractivity (Wildman–Crippen MR) is 88.9 cm³/mol. The smallest absolute Gasteiger partial charge is 0.362 e. The van der Waals surface area contributed by atoms with Gasteiger partial charge in [0, 0.05) is 10.0 Å². The topological polar surface area (TPSA) is 52.9 Å². The number of carbonyl (C=O) groups excluding carboxylic acids is 1. The number of carbonyl (C=O) groups is 1. The third kappa shape index (κ3) is 3.19. The Hall–Kier alpha value is -2.19. The first-order valence-electron chi connectivity index (χ1n) is 7.24. The van der Waals surface area contributed by atoms with Crippen LogP contribution in [0.5, 0.6) is 0 Å². The number of benzene rings is 2. The van der Waals surface area contributed by atoms with Crippen LogP contribution in [0, 0.1) is 0 Å². The van der Waals surface area contributed by atoms with Gasteiger partial charge in [0.05, 0.1) is 12.1 Å². The second kappa shape index (κ2) is 6.27. The molecule has 0 spiro atoms. The van der Waals surface area contributed by atoms with E-state index < -0.39 is 24.2 Å². The molecule has 8 heteroatoms. The van der Waals surface area contributed by atoms with Crippen molar-refractivity contribution in [3.63, 3.8) is 0 Å². The van der Waals surface area contributed by atoms with Crippen molar-refractivity contribution < 1.29 is 23.1 Å². The van der Waals surface area contributed by atoms with E-state index in [4.69, 9.17) is 0 Å². The van der Waals surface area contributed by atoms with Crippen LogP contribution in [0.3, 0.4) is 0 Å². The van der Waals surface area contributed by atoms with Crippen molar-refractivity contribution in [3.05, 3.63) is 70.2 Å². The quantitative estimate of drug-likeness (QED) is 0.811. The molecule has 1 heterocycles. The summed E-state index contributed by atoms with van der Waals surface area (Å²) in [6.07, 6.45) is -5.89. The lowest BCUT2D eigenvalue weighted by atomic mass is 10.0. The Morgan fingerprint density at radius 1 is 1.12 bits per heavy atom. The largest absolute Gasteiger partial charge is 0.438 e. The summed E-state index contributed by atoms with van der Waals surface area (Å²) in [5.41, 5.74) is -3.00. The van der Waals surface area contributed by atoms with Crippen LogP contribution in [0.25, 0.3) is 0 Å². The van der Waals surface area contributed by atoms with Crippen LogP contribution >= 0.6 is 15.9 Å². The number of nitrogens with zero attached hydrogens (tertiary/aromatic N) is 2. The molecule has 1 amide bonds. The van der Waals surface area contributed by atoms with Gasteiger partial charge in [-0.1, -0.05) is 46.3 Å². The first-order chi connectivity index (χ1) is 11.7. The monoisotopic (exact) mass is 412 g/mol. The molecule has 130 valence electrons. The zero-order valence-electron chi connectivity index (χ0n) is 12.7. The van der Waals surface area contributed by atoms with Gasteiger partial charge in [-0.15, -0.1) is 0 Å². The van der Waals surface area contributed by atoms with E-state index in [2.05, 4.69) is 21.0 Å². The molecule has 0 fully saturated rings. The zero-order valence-corrected chi connectivity index (χ0v) is 14.3. The Kier molecular flexibility index (Phi) is 4.42. The van der Waals surface area contributed by atoms with E-state index in [1.165, 1.54) is 24.3 Å². The maximum atomic E-state index is 13.5. The number of hydrazone groups is 1. The van der Waals surface area contributed by atoms with Gasteiger partial charge < -0.3 is 5.11 Å². The minimum Gasteiger partial charge on any atom is -0.362 e. The molecule has 3 rings (SSSR count). The van der Waals surface area contributed by atoms with Gasteiger partial charge in [-0.25, -0.2) is 0 Å². The molecule has 0 bridgehead atoms. The standard InChI is InChI=1S/C17H12BrF3N2O2/c18-13-8-6-11(7-9-13)14-10-16(25,17(19,20)21)23(22-14)15(24)12-4-2-1-3-5-12/h1-9,25H,10H2. The normalized spacial score (nSPS) is 20.5. The van der Waals surface area contributed by atoms with Crippen molar-refractivity contribution in [3.8, 4) is 0 Å². The molecule has 2 aromatic rings. The van der Waals surface area contributed by atoms with Gasteiger partial charge in [0.25, 0.3) is 11.6 Å². The highest BCUT2D eigenvalue weighted by Crippen LogP contribution is 2.42. The number of rotatable bonds is 2. The molecule has 2 aromatic carbocycles. The molecular weight excluding hydrogens is 401 g/mol. The third-order valence-corrected chi connectivity index (χ3v) is 4.36. The van der Waals surface area contributed by atoms with Gasteiger partial charge in [-0.3, -0.25) is 4.79 Å². The molecule has 0 saturated heterocycles. The highest BCUT2D eigenvalue weighted by Gasteiger charge is 2.63. The minimum atomic E-state index is -5.06. The summed E-state index contributed by atoms with van der Waals surface area (Å²) in [7, 11) is 0. The fourth-order valence-corrected chi connectivity index (χ4v) is 2.75. The second-order valence-corrected chi connectivity index (χ2v) is 6.44. The van der Waals surface area contributed by atoms with Crippen LogP contribution < -0.4 is 0 Å². The van der Waals surface area contributed by atoms with Gasteiger partial charge in [0.15, 0.2) is 0 Å². The van der Waals surface area contributed by atoms with Gasteiger partial charge in [-0.2, -0.15) is 23.3 Å². The second-order valence-electron chi connectivity index (χ2n) is 5.53. The lowest BCUT2D eigenvalue weighted by Crippen LogP contribution is -2.56. The number of hydrogen-bond acceptors (Lipinski definition) is 3. The molecule has 1 atom stereocenters. The number of alkyl halides is 3. The number of amides is 1. The molecular formula is C17H12BrF3N2O2. The van der Waals surface area contributed by atoms with Crippen LogP contribution in [0.4, 0.5) is 13.2 Å². The summed E-state index contributed by atoms with van der Waals surface area (Å²) in [6.45, 7) is 0. The first-order valence-corrected chi connectivity index (χ1v) is 8.04. The number of halogens is 4. The van der Waals surface area contributed by atoms with Crippen LogP contribution in [0.2, 0.25) is 0 Å². The minimum absolute atomic E-state index is 0.00554. The highest BCUT2D eigenvalue weighted by molar-refractivity contribution is 9.10. The van der Waals surface area contributed by atoms with Gasteiger partial charge >= 0.3 is 6.18 Å². The number of aliphatic hydroxyl groups is 1. The predicted octanol–water partition coefficient (Wildman–Crippen LogP) is 3.95. The molecule has 25 heavy (non-hydrogen) atoms. The summed E-state index contributed by atoms with van der Waals surface area (Å²) < 4.78 is 41.2. The van der Waals surface area contributed by atoms with Crippen molar-refractivity contribution in [2.45, 2.75) is 18.3 Å². The molecule has 0 saturated carbocycles. The van der Waals surface area contributed by atoms with Crippen molar-refractivity contribution >= 4 is 27.5 Å². The van der Waals surface area contributed by atoms with E-state index in [0.29, 0.717) is 5.56 Å². The Balaban J connectivity index is 2.04. The molecule has 1 unspecified atom stereocenters. The highest BCUT2D eigenvalue weighted by atomic mass is 79.9. The molecule has 1 aliphatic rings. The van der Waals surface area contributed by atoms with Crippen molar-refractivity contribution in [2.24, 2.45) is 5.10 Å². The van der Waals surface area contributed by atoms with Crippen LogP contribution in [0.15, 0.2) is 64.2 Å². The van der Waals surface area contributed by atoms with Crippen molar-refractivity contribution in [1.29, 1.82) is 0 Å². The maximum absolute atomic E-state index is 13.5. The lowest BCUT2D eigenvalue weighted by molar-refractivity contribution is -0.297. The fraction of sp³-hybridized carbons (Fsp3) is 0.176. The number of hydrogen-bond donors (Lipinski definition) is 1. The van der Waals surface area contributed by atoms with Crippen LogP contribution in [-0.4, -0.2) is 33.6 Å². The van der Waals surface area contributed by atoms with Gasteiger partial charge in [0.1, 0.15) is 0 Å². The van der Waals surface area contributed by atoms with Crippen LogP contribution in [-0.2, 0) is 0 Å². The molecule has 0 aliphatic carbocycles. The van der Waals surface area contributed by atoms with Gasteiger partial charge in [-0.05, 0) is 29.8 Å². The van der Waals surface area contributed by atoms with E-state index in [1.54, 1.807) is 30.3 Å². The van der Waals surface area contributed by atoms with E-state index in [0.717, 1.165) is 4.47 Å².